The quantitative estimate of drug-likeness (QED) is 0.367. The predicted molar refractivity (Wildman–Crippen MR) is 121 cm³/mol. The average molecular weight is 455 g/mol. The number of benzene rings is 2. The number of aliphatic carboxylic acids is 2. The van der Waals surface area contributed by atoms with Gasteiger partial charge in [-0.1, -0.05) is 66.4 Å². The van der Waals surface area contributed by atoms with Crippen molar-refractivity contribution in [2.75, 3.05) is 0 Å². The zero-order valence-electron chi connectivity index (χ0n) is 17.6. The summed E-state index contributed by atoms with van der Waals surface area (Å²) in [7, 11) is 0. The van der Waals surface area contributed by atoms with Crippen molar-refractivity contribution < 1.29 is 19.8 Å². The van der Waals surface area contributed by atoms with Gasteiger partial charge in [-0.25, -0.2) is 0 Å². The maximum atomic E-state index is 12.2. The molecule has 8 nitrogen and oxygen atoms in total. The minimum absolute atomic E-state index is 0.0525. The van der Waals surface area contributed by atoms with E-state index in [1.807, 2.05) is 42.5 Å². The van der Waals surface area contributed by atoms with Gasteiger partial charge >= 0.3 is 11.9 Å². The molecule has 3 rings (SSSR count). The Balaban J connectivity index is 1.69. The molecule has 2 N–H and O–H groups in total. The molecule has 0 saturated heterocycles. The second-order valence-electron chi connectivity index (χ2n) is 7.60. The first kappa shape index (κ1) is 23.6. The molecule has 0 spiro atoms. The topological polar surface area (TPSA) is 124 Å². The monoisotopic (exact) mass is 454 g/mol. The number of hydrogen-bond acceptors (Lipinski definition) is 7. The number of carboxylic acids is 2. The summed E-state index contributed by atoms with van der Waals surface area (Å²) >= 11 is 1.05. The van der Waals surface area contributed by atoms with Crippen LogP contribution < -0.4 is 0 Å². The fourth-order valence-electron chi connectivity index (χ4n) is 3.62. The van der Waals surface area contributed by atoms with Crippen LogP contribution >= 0.6 is 11.8 Å². The third-order valence-electron chi connectivity index (χ3n) is 5.21. The molecule has 2 aromatic rings. The predicted octanol–water partition coefficient (Wildman–Crippen LogP) is 5.85. The molecular formula is C23H26N4O4S. The van der Waals surface area contributed by atoms with E-state index in [4.69, 9.17) is 5.11 Å². The van der Waals surface area contributed by atoms with Gasteiger partial charge in [0.1, 0.15) is 5.25 Å². The van der Waals surface area contributed by atoms with Crippen molar-refractivity contribution >= 4 is 23.7 Å². The van der Waals surface area contributed by atoms with E-state index in [0.717, 1.165) is 43.0 Å². The number of carbonyl (C=O) groups is 2. The van der Waals surface area contributed by atoms with E-state index < -0.39 is 22.2 Å². The minimum atomic E-state index is -1.21. The summed E-state index contributed by atoms with van der Waals surface area (Å²) in [4.78, 5) is 21.9. The lowest BCUT2D eigenvalue weighted by atomic mass is 9.98. The standard InChI is InChI=1S/C23H26N4O4S/c28-20(29)15-8-16-23(24-26-27-25-23)32-21(22(30)31)19-14-7-6-13-18(19)12-5-4-11-17-9-2-1-3-10-17/h1-3,6-7,9-10,13-14,21H,4-5,8,11-12,15-16H2,(H,28,29)(H,30,31). The molecule has 0 aliphatic carbocycles. The number of rotatable bonds is 13. The van der Waals surface area contributed by atoms with Crippen LogP contribution in [0.25, 0.3) is 0 Å². The summed E-state index contributed by atoms with van der Waals surface area (Å²) in [5.41, 5.74) is 2.98. The molecule has 2 aromatic carbocycles. The molecule has 1 atom stereocenters. The Labute approximate surface area is 190 Å². The lowest BCUT2D eigenvalue weighted by Gasteiger charge is -2.24. The highest BCUT2D eigenvalue weighted by Crippen LogP contribution is 2.47. The first-order valence-corrected chi connectivity index (χ1v) is 11.5. The zero-order chi connectivity index (χ0) is 22.8. The summed E-state index contributed by atoms with van der Waals surface area (Å²) in [6.07, 6.45) is 4.18. The van der Waals surface area contributed by atoms with Crippen molar-refractivity contribution in [3.05, 3.63) is 71.3 Å². The Hall–Kier alpha value is -3.07. The van der Waals surface area contributed by atoms with Crippen molar-refractivity contribution in [2.24, 2.45) is 20.7 Å². The smallest absolute Gasteiger partial charge is 0.321 e. The van der Waals surface area contributed by atoms with Crippen LogP contribution in [-0.2, 0) is 22.4 Å². The third kappa shape index (κ3) is 6.71. The molecular weight excluding hydrogens is 428 g/mol. The molecule has 1 aliphatic heterocycles. The maximum Gasteiger partial charge on any atom is 0.321 e. The summed E-state index contributed by atoms with van der Waals surface area (Å²) < 4.78 is 0. The van der Waals surface area contributed by atoms with Gasteiger partial charge in [0, 0.05) is 12.8 Å². The Morgan fingerprint density at radius 1 is 0.875 bits per heavy atom. The number of hydrogen-bond donors (Lipinski definition) is 2. The molecule has 0 bridgehead atoms. The van der Waals surface area contributed by atoms with Crippen molar-refractivity contribution in [1.29, 1.82) is 0 Å². The van der Waals surface area contributed by atoms with Crippen LogP contribution in [0.1, 0.15) is 54.0 Å². The van der Waals surface area contributed by atoms with E-state index in [1.165, 1.54) is 5.56 Å². The van der Waals surface area contributed by atoms with Crippen LogP contribution in [-0.4, -0.2) is 27.1 Å². The van der Waals surface area contributed by atoms with Crippen LogP contribution in [0, 0.1) is 0 Å². The normalized spacial score (nSPS) is 15.0. The molecule has 1 heterocycles. The van der Waals surface area contributed by atoms with E-state index in [1.54, 1.807) is 0 Å². The zero-order valence-corrected chi connectivity index (χ0v) is 18.4. The molecule has 0 amide bonds. The highest BCUT2D eigenvalue weighted by Gasteiger charge is 2.40. The van der Waals surface area contributed by atoms with Crippen molar-refractivity contribution in [2.45, 2.75) is 55.2 Å². The van der Waals surface area contributed by atoms with E-state index >= 15 is 0 Å². The average Bonchev–Trinajstić information content (AvgIpc) is 3.24. The first-order valence-electron chi connectivity index (χ1n) is 10.6. The summed E-state index contributed by atoms with van der Waals surface area (Å²) in [6, 6.07) is 17.8. The first-order chi connectivity index (χ1) is 15.5. The van der Waals surface area contributed by atoms with E-state index in [2.05, 4.69) is 32.8 Å². The molecule has 0 saturated carbocycles. The molecule has 32 heavy (non-hydrogen) atoms. The summed E-state index contributed by atoms with van der Waals surface area (Å²) in [5, 5.41) is 33.3. The molecule has 0 radical (unpaired) electrons. The largest absolute Gasteiger partial charge is 0.481 e. The van der Waals surface area contributed by atoms with Crippen molar-refractivity contribution in [1.82, 2.24) is 0 Å². The van der Waals surface area contributed by atoms with Gasteiger partial charge in [-0.3, -0.25) is 9.59 Å². The van der Waals surface area contributed by atoms with Crippen LogP contribution in [0.4, 0.5) is 0 Å². The van der Waals surface area contributed by atoms with Gasteiger partial charge in [-0.05, 0) is 59.2 Å². The lowest BCUT2D eigenvalue weighted by Crippen LogP contribution is -2.23. The summed E-state index contributed by atoms with van der Waals surface area (Å²) in [5.74, 6) is -1.92. The molecule has 1 aliphatic rings. The van der Waals surface area contributed by atoms with Gasteiger partial charge in [0.2, 0.25) is 4.99 Å². The third-order valence-corrected chi connectivity index (χ3v) is 6.64. The molecule has 1 unspecified atom stereocenters. The molecule has 168 valence electrons. The SMILES string of the molecule is O=C(O)CCCC1(SC(C(=O)O)c2ccccc2CCCCc2ccccc2)N=NN=N1. The number of unbranched alkanes of at least 4 members (excludes halogenated alkanes) is 1. The van der Waals surface area contributed by atoms with Crippen molar-refractivity contribution in [3.8, 4) is 0 Å². The van der Waals surface area contributed by atoms with Gasteiger partial charge in [-0.2, -0.15) is 0 Å². The molecule has 0 aromatic heterocycles. The van der Waals surface area contributed by atoms with Crippen LogP contribution in [0.15, 0.2) is 75.3 Å². The van der Waals surface area contributed by atoms with Gasteiger partial charge in [0.05, 0.1) is 0 Å². The van der Waals surface area contributed by atoms with E-state index in [-0.39, 0.29) is 12.8 Å². The fraction of sp³-hybridized carbons (Fsp3) is 0.391. The minimum Gasteiger partial charge on any atom is -0.481 e. The van der Waals surface area contributed by atoms with Gasteiger partial charge in [-0.15, -0.1) is 10.2 Å². The number of thioether (sulfide) groups is 1. The van der Waals surface area contributed by atoms with Gasteiger partial charge in [0.25, 0.3) is 0 Å². The Morgan fingerprint density at radius 3 is 2.22 bits per heavy atom. The Morgan fingerprint density at radius 2 is 1.53 bits per heavy atom. The highest BCUT2D eigenvalue weighted by molar-refractivity contribution is 8.01. The van der Waals surface area contributed by atoms with Crippen molar-refractivity contribution in [3.63, 3.8) is 0 Å². The van der Waals surface area contributed by atoms with Crippen LogP contribution in [0.5, 0.6) is 0 Å². The molecule has 0 fully saturated rings. The van der Waals surface area contributed by atoms with Crippen LogP contribution in [0.2, 0.25) is 0 Å². The van der Waals surface area contributed by atoms with Gasteiger partial charge < -0.3 is 10.2 Å². The second-order valence-corrected chi connectivity index (χ2v) is 8.96. The van der Waals surface area contributed by atoms with Gasteiger partial charge in [0.15, 0.2) is 0 Å². The fourth-order valence-corrected chi connectivity index (χ4v) is 4.88. The number of aryl methyl sites for hydroxylation is 2. The van der Waals surface area contributed by atoms with E-state index in [0.29, 0.717) is 12.0 Å². The Bertz CT molecular complexity index is 969. The Kier molecular flexibility index (Phi) is 8.49. The summed E-state index contributed by atoms with van der Waals surface area (Å²) in [6.45, 7) is 0. The molecule has 9 heteroatoms. The van der Waals surface area contributed by atoms with E-state index in [9.17, 15) is 14.7 Å². The number of carboxylic acid groups (broad SMARTS) is 2. The second kappa shape index (κ2) is 11.5. The lowest BCUT2D eigenvalue weighted by molar-refractivity contribution is -0.138. The highest BCUT2D eigenvalue weighted by atomic mass is 32.2. The van der Waals surface area contributed by atoms with Crippen LogP contribution in [0.3, 0.4) is 0 Å². The number of nitrogens with zero attached hydrogens (tertiary/aromatic N) is 4. The maximum absolute atomic E-state index is 12.2.